The van der Waals surface area contributed by atoms with E-state index in [0.717, 1.165) is 26.5 Å². The largest absolute Gasteiger partial charge is 0.497 e. The predicted molar refractivity (Wildman–Crippen MR) is 82.6 cm³/mol. The van der Waals surface area contributed by atoms with Gasteiger partial charge in [0.25, 0.3) is 0 Å². The summed E-state index contributed by atoms with van der Waals surface area (Å²) in [6, 6.07) is 11.6. The zero-order valence-electron chi connectivity index (χ0n) is 11.2. The van der Waals surface area contributed by atoms with Gasteiger partial charge in [0.1, 0.15) is 16.5 Å². The van der Waals surface area contributed by atoms with E-state index in [1.54, 1.807) is 25.6 Å². The minimum atomic E-state index is 0.624. The Morgan fingerprint density at radius 3 is 2.65 bits per heavy atom. The SMILES string of the molecule is COc1ccc2nc(-c3ccc(N)c(OC)c3)sc2c1. The third-order valence-electron chi connectivity index (χ3n) is 3.08. The van der Waals surface area contributed by atoms with Crippen molar-refractivity contribution in [1.29, 1.82) is 0 Å². The molecule has 2 aromatic carbocycles. The van der Waals surface area contributed by atoms with Gasteiger partial charge in [0.15, 0.2) is 0 Å². The number of nitrogens with two attached hydrogens (primary N) is 1. The average Bonchev–Trinajstić information content (AvgIpc) is 2.90. The molecule has 0 aliphatic heterocycles. The standard InChI is InChI=1S/C15H14N2O2S/c1-18-10-4-6-12-14(8-10)20-15(17-12)9-3-5-11(16)13(7-9)19-2/h3-8H,16H2,1-2H3. The van der Waals surface area contributed by atoms with Gasteiger partial charge < -0.3 is 15.2 Å². The van der Waals surface area contributed by atoms with E-state index in [1.165, 1.54) is 0 Å². The fourth-order valence-corrected chi connectivity index (χ4v) is 2.99. The van der Waals surface area contributed by atoms with E-state index in [1.807, 2.05) is 36.4 Å². The van der Waals surface area contributed by atoms with E-state index in [0.29, 0.717) is 11.4 Å². The fraction of sp³-hybridized carbons (Fsp3) is 0.133. The van der Waals surface area contributed by atoms with Crippen LogP contribution in [0.4, 0.5) is 5.69 Å². The Bertz CT molecular complexity index is 768. The molecule has 3 aromatic rings. The summed E-state index contributed by atoms with van der Waals surface area (Å²) in [5, 5.41) is 0.937. The topological polar surface area (TPSA) is 57.4 Å². The molecule has 20 heavy (non-hydrogen) atoms. The predicted octanol–water partition coefficient (Wildman–Crippen LogP) is 3.56. The maximum atomic E-state index is 5.83. The number of fused-ring (bicyclic) bond motifs is 1. The first-order valence-electron chi connectivity index (χ1n) is 6.09. The zero-order chi connectivity index (χ0) is 14.1. The molecular formula is C15H14N2O2S. The third kappa shape index (κ3) is 2.16. The summed E-state index contributed by atoms with van der Waals surface area (Å²) < 4.78 is 11.6. The first kappa shape index (κ1) is 12.7. The van der Waals surface area contributed by atoms with Gasteiger partial charge in [-0.15, -0.1) is 11.3 Å². The molecule has 0 aliphatic rings. The van der Waals surface area contributed by atoms with Crippen LogP contribution in [0.25, 0.3) is 20.8 Å². The van der Waals surface area contributed by atoms with Gasteiger partial charge in [-0.1, -0.05) is 0 Å². The second-order valence-corrected chi connectivity index (χ2v) is 5.34. The normalized spacial score (nSPS) is 10.7. The van der Waals surface area contributed by atoms with Crippen molar-refractivity contribution in [1.82, 2.24) is 4.98 Å². The molecule has 0 spiro atoms. The monoisotopic (exact) mass is 286 g/mol. The molecular weight excluding hydrogens is 272 g/mol. The summed E-state index contributed by atoms with van der Waals surface area (Å²) in [4.78, 5) is 4.63. The Labute approximate surface area is 120 Å². The number of ether oxygens (including phenoxy) is 2. The molecule has 0 fully saturated rings. The van der Waals surface area contributed by atoms with E-state index in [9.17, 15) is 0 Å². The van der Waals surface area contributed by atoms with Gasteiger partial charge in [-0.3, -0.25) is 0 Å². The van der Waals surface area contributed by atoms with E-state index >= 15 is 0 Å². The van der Waals surface area contributed by atoms with Gasteiger partial charge in [0.05, 0.1) is 30.1 Å². The van der Waals surface area contributed by atoms with Gasteiger partial charge in [0, 0.05) is 5.56 Å². The molecule has 0 radical (unpaired) electrons. The number of thiazole rings is 1. The molecule has 1 aromatic heterocycles. The van der Waals surface area contributed by atoms with Crippen molar-refractivity contribution in [3.63, 3.8) is 0 Å². The van der Waals surface area contributed by atoms with Gasteiger partial charge in [-0.05, 0) is 36.4 Å². The van der Waals surface area contributed by atoms with Crippen molar-refractivity contribution in [2.24, 2.45) is 0 Å². The number of hydrogen-bond donors (Lipinski definition) is 1. The molecule has 0 bridgehead atoms. The van der Waals surface area contributed by atoms with Crippen molar-refractivity contribution < 1.29 is 9.47 Å². The third-order valence-corrected chi connectivity index (χ3v) is 4.14. The van der Waals surface area contributed by atoms with Crippen LogP contribution in [-0.2, 0) is 0 Å². The van der Waals surface area contributed by atoms with Gasteiger partial charge in [-0.25, -0.2) is 4.98 Å². The van der Waals surface area contributed by atoms with Crippen LogP contribution in [0.15, 0.2) is 36.4 Å². The molecule has 0 atom stereocenters. The van der Waals surface area contributed by atoms with Crippen LogP contribution < -0.4 is 15.2 Å². The number of aromatic nitrogens is 1. The number of methoxy groups -OCH3 is 2. The van der Waals surface area contributed by atoms with Gasteiger partial charge in [0.2, 0.25) is 0 Å². The van der Waals surface area contributed by atoms with Crippen molar-refractivity contribution in [2.45, 2.75) is 0 Å². The van der Waals surface area contributed by atoms with Crippen LogP contribution in [0.2, 0.25) is 0 Å². The second-order valence-electron chi connectivity index (χ2n) is 4.31. The molecule has 5 heteroatoms. The Kier molecular flexibility index (Phi) is 3.20. The molecule has 0 saturated carbocycles. The smallest absolute Gasteiger partial charge is 0.142 e. The van der Waals surface area contributed by atoms with E-state index < -0.39 is 0 Å². The van der Waals surface area contributed by atoms with Gasteiger partial charge in [-0.2, -0.15) is 0 Å². The van der Waals surface area contributed by atoms with Crippen molar-refractivity contribution in [3.05, 3.63) is 36.4 Å². The highest BCUT2D eigenvalue weighted by atomic mass is 32.1. The lowest BCUT2D eigenvalue weighted by atomic mass is 10.2. The summed E-state index contributed by atoms with van der Waals surface area (Å²) in [6.45, 7) is 0. The molecule has 0 aliphatic carbocycles. The molecule has 3 rings (SSSR count). The lowest BCUT2D eigenvalue weighted by Crippen LogP contribution is -1.92. The Morgan fingerprint density at radius 2 is 1.90 bits per heavy atom. The highest BCUT2D eigenvalue weighted by Crippen LogP contribution is 2.35. The van der Waals surface area contributed by atoms with Gasteiger partial charge >= 0.3 is 0 Å². The van der Waals surface area contributed by atoms with Crippen molar-refractivity contribution >= 4 is 27.2 Å². The molecule has 1 heterocycles. The maximum absolute atomic E-state index is 5.83. The van der Waals surface area contributed by atoms with E-state index in [4.69, 9.17) is 15.2 Å². The fourth-order valence-electron chi connectivity index (χ4n) is 2.00. The first-order chi connectivity index (χ1) is 9.71. The van der Waals surface area contributed by atoms with Crippen LogP contribution in [0.3, 0.4) is 0 Å². The number of anilines is 1. The summed E-state index contributed by atoms with van der Waals surface area (Å²) in [5.74, 6) is 1.50. The Morgan fingerprint density at radius 1 is 1.05 bits per heavy atom. The minimum Gasteiger partial charge on any atom is -0.497 e. The molecule has 102 valence electrons. The number of nitrogens with zero attached hydrogens (tertiary/aromatic N) is 1. The van der Waals surface area contributed by atoms with Crippen molar-refractivity contribution in [3.8, 4) is 22.1 Å². The van der Waals surface area contributed by atoms with Crippen LogP contribution in [0.5, 0.6) is 11.5 Å². The van der Waals surface area contributed by atoms with Crippen LogP contribution in [-0.4, -0.2) is 19.2 Å². The molecule has 0 unspecified atom stereocenters. The van der Waals surface area contributed by atoms with Crippen LogP contribution in [0, 0.1) is 0 Å². The number of nitrogen functional groups attached to an aromatic ring is 1. The van der Waals surface area contributed by atoms with E-state index in [-0.39, 0.29) is 0 Å². The average molecular weight is 286 g/mol. The quantitative estimate of drug-likeness (QED) is 0.748. The molecule has 0 saturated heterocycles. The Balaban J connectivity index is 2.09. The highest BCUT2D eigenvalue weighted by molar-refractivity contribution is 7.21. The van der Waals surface area contributed by atoms with Crippen molar-refractivity contribution in [2.75, 3.05) is 20.0 Å². The first-order valence-corrected chi connectivity index (χ1v) is 6.91. The zero-order valence-corrected chi connectivity index (χ0v) is 12.0. The second kappa shape index (κ2) is 5.02. The Hall–Kier alpha value is -2.27. The summed E-state index contributed by atoms with van der Waals surface area (Å²) in [7, 11) is 3.27. The van der Waals surface area contributed by atoms with Crippen LogP contribution in [0.1, 0.15) is 0 Å². The maximum Gasteiger partial charge on any atom is 0.142 e. The molecule has 2 N–H and O–H groups in total. The molecule has 4 nitrogen and oxygen atoms in total. The minimum absolute atomic E-state index is 0.624. The lowest BCUT2D eigenvalue weighted by Gasteiger charge is -2.05. The molecule has 0 amide bonds. The number of hydrogen-bond acceptors (Lipinski definition) is 5. The summed E-state index contributed by atoms with van der Waals surface area (Å²) >= 11 is 1.62. The lowest BCUT2D eigenvalue weighted by molar-refractivity contribution is 0.415. The van der Waals surface area contributed by atoms with Crippen LogP contribution >= 0.6 is 11.3 Å². The van der Waals surface area contributed by atoms with E-state index in [2.05, 4.69) is 4.98 Å². The number of rotatable bonds is 3. The summed E-state index contributed by atoms with van der Waals surface area (Å²) in [6.07, 6.45) is 0. The number of benzene rings is 2. The summed E-state index contributed by atoms with van der Waals surface area (Å²) in [5.41, 5.74) is 8.41. The highest BCUT2D eigenvalue weighted by Gasteiger charge is 2.09.